The number of hydrogen-bond donors (Lipinski definition) is 1. The Morgan fingerprint density at radius 3 is 2.53 bits per heavy atom. The molecular formula is C20H23NO8S. The SMILES string of the molecule is Cc1ccc(S(=O)(=O)N2C(=O)OC[C@@H]2C[C@]23OC(C)(C)O[C@H]2[C@H](O)C=CC3=O)cc1. The van der Waals surface area contributed by atoms with Crippen LogP contribution in [0.25, 0.3) is 0 Å². The van der Waals surface area contributed by atoms with Crippen LogP contribution in [0.1, 0.15) is 25.8 Å². The summed E-state index contributed by atoms with van der Waals surface area (Å²) in [5.74, 6) is -1.65. The molecule has 0 unspecified atom stereocenters. The van der Waals surface area contributed by atoms with Crippen LogP contribution in [0.2, 0.25) is 0 Å². The molecule has 2 fully saturated rings. The molecule has 162 valence electrons. The minimum absolute atomic E-state index is 0.0650. The van der Waals surface area contributed by atoms with E-state index in [1.54, 1.807) is 26.0 Å². The Labute approximate surface area is 174 Å². The molecule has 10 heteroatoms. The van der Waals surface area contributed by atoms with Crippen molar-refractivity contribution in [2.45, 2.75) is 61.7 Å². The Morgan fingerprint density at radius 2 is 1.87 bits per heavy atom. The number of carbonyl (C=O) groups excluding carboxylic acids is 2. The van der Waals surface area contributed by atoms with Crippen LogP contribution in [-0.4, -0.2) is 66.0 Å². The number of hydrogen-bond acceptors (Lipinski definition) is 8. The number of rotatable bonds is 4. The van der Waals surface area contributed by atoms with Gasteiger partial charge in [-0.1, -0.05) is 17.7 Å². The third-order valence-electron chi connectivity index (χ3n) is 5.50. The maximum atomic E-state index is 13.2. The summed E-state index contributed by atoms with van der Waals surface area (Å²) in [6, 6.07) is 5.06. The highest BCUT2D eigenvalue weighted by molar-refractivity contribution is 7.89. The van der Waals surface area contributed by atoms with Crippen LogP contribution >= 0.6 is 0 Å². The molecule has 30 heavy (non-hydrogen) atoms. The maximum Gasteiger partial charge on any atom is 0.424 e. The number of carbonyl (C=O) groups is 2. The molecule has 1 aromatic carbocycles. The Bertz CT molecular complexity index is 1020. The summed E-state index contributed by atoms with van der Waals surface area (Å²) >= 11 is 0. The molecule has 0 saturated carbocycles. The van der Waals surface area contributed by atoms with Crippen LogP contribution in [0.3, 0.4) is 0 Å². The molecule has 2 aliphatic heterocycles. The van der Waals surface area contributed by atoms with Gasteiger partial charge in [0.1, 0.15) is 18.8 Å². The molecule has 1 N–H and O–H groups in total. The van der Waals surface area contributed by atoms with Crippen LogP contribution < -0.4 is 0 Å². The topological polar surface area (TPSA) is 119 Å². The van der Waals surface area contributed by atoms with Crippen molar-refractivity contribution in [2.24, 2.45) is 0 Å². The summed E-state index contributed by atoms with van der Waals surface area (Å²) in [6.45, 7) is 4.78. The van der Waals surface area contributed by atoms with E-state index < -0.39 is 51.5 Å². The Balaban J connectivity index is 1.71. The number of amides is 1. The standard InChI is InChI=1S/C20H23NO8S/c1-12-4-6-14(7-5-12)30(25,26)21-13(11-27-18(21)24)10-20-16(23)9-8-15(22)17(20)28-19(2,3)29-20/h4-9,13,15,17,22H,10-11H2,1-3H3/t13-,15+,17-,20+/m0/s1. The molecule has 0 bridgehead atoms. The second-order valence-electron chi connectivity index (χ2n) is 8.19. The van der Waals surface area contributed by atoms with Crippen LogP contribution in [0.5, 0.6) is 0 Å². The van der Waals surface area contributed by atoms with Crippen LogP contribution in [0, 0.1) is 6.92 Å². The summed E-state index contributed by atoms with van der Waals surface area (Å²) in [7, 11) is -4.23. The third-order valence-corrected chi connectivity index (χ3v) is 7.33. The highest BCUT2D eigenvalue weighted by Crippen LogP contribution is 2.45. The zero-order valence-electron chi connectivity index (χ0n) is 16.8. The van der Waals surface area contributed by atoms with Crippen molar-refractivity contribution in [1.29, 1.82) is 0 Å². The van der Waals surface area contributed by atoms with Gasteiger partial charge in [-0.2, -0.15) is 4.31 Å². The summed E-state index contributed by atoms with van der Waals surface area (Å²) in [5.41, 5.74) is -0.777. The monoisotopic (exact) mass is 437 g/mol. The van der Waals surface area contributed by atoms with Crippen molar-refractivity contribution in [3.05, 3.63) is 42.0 Å². The zero-order valence-corrected chi connectivity index (χ0v) is 17.6. The molecular weight excluding hydrogens is 414 g/mol. The van der Waals surface area contributed by atoms with Gasteiger partial charge in [0.15, 0.2) is 17.2 Å². The van der Waals surface area contributed by atoms with E-state index in [9.17, 15) is 23.1 Å². The Morgan fingerprint density at radius 1 is 1.20 bits per heavy atom. The van der Waals surface area contributed by atoms with Crippen LogP contribution in [0.15, 0.2) is 41.3 Å². The van der Waals surface area contributed by atoms with E-state index in [0.29, 0.717) is 4.31 Å². The van der Waals surface area contributed by atoms with Crippen molar-refractivity contribution < 1.29 is 37.3 Å². The predicted molar refractivity (Wildman–Crippen MR) is 103 cm³/mol. The van der Waals surface area contributed by atoms with E-state index in [1.165, 1.54) is 24.3 Å². The van der Waals surface area contributed by atoms with Gasteiger partial charge in [-0.3, -0.25) is 4.79 Å². The number of aliphatic hydroxyl groups excluding tert-OH is 1. The number of aryl methyl sites for hydroxylation is 1. The zero-order chi connectivity index (χ0) is 21.9. The van der Waals surface area contributed by atoms with Gasteiger partial charge in [0.2, 0.25) is 0 Å². The predicted octanol–water partition coefficient (Wildman–Crippen LogP) is 1.28. The molecule has 2 saturated heterocycles. The summed E-state index contributed by atoms with van der Waals surface area (Å²) in [5, 5.41) is 10.4. The largest absolute Gasteiger partial charge is 0.446 e. The number of nitrogens with zero attached hydrogens (tertiary/aromatic N) is 1. The highest BCUT2D eigenvalue weighted by Gasteiger charge is 2.63. The first-order valence-electron chi connectivity index (χ1n) is 9.53. The summed E-state index contributed by atoms with van der Waals surface area (Å²) < 4.78 is 43.7. The lowest BCUT2D eigenvalue weighted by Crippen LogP contribution is -2.57. The fourth-order valence-corrected chi connectivity index (χ4v) is 5.69. The molecule has 9 nitrogen and oxygen atoms in total. The molecule has 0 aromatic heterocycles. The van der Waals surface area contributed by atoms with Crippen LogP contribution in [0.4, 0.5) is 4.79 Å². The van der Waals surface area contributed by atoms with Crippen molar-refractivity contribution in [3.63, 3.8) is 0 Å². The normalized spacial score (nSPS) is 32.9. The van der Waals surface area contributed by atoms with E-state index in [1.807, 2.05) is 6.92 Å². The third kappa shape index (κ3) is 3.24. The van der Waals surface area contributed by atoms with Crippen molar-refractivity contribution >= 4 is 21.9 Å². The molecule has 0 spiro atoms. The number of ketones is 1. The number of benzene rings is 1. The van der Waals surface area contributed by atoms with E-state index in [0.717, 1.165) is 5.56 Å². The second kappa shape index (κ2) is 6.88. The molecule has 1 aliphatic carbocycles. The number of ether oxygens (including phenoxy) is 3. The van der Waals surface area contributed by atoms with Gasteiger partial charge in [0, 0.05) is 6.42 Å². The van der Waals surface area contributed by atoms with Crippen molar-refractivity contribution in [1.82, 2.24) is 4.31 Å². The van der Waals surface area contributed by atoms with Gasteiger partial charge in [0.05, 0.1) is 10.9 Å². The fraction of sp³-hybridized carbons (Fsp3) is 0.500. The molecule has 4 rings (SSSR count). The van der Waals surface area contributed by atoms with E-state index in [2.05, 4.69) is 0 Å². The fourth-order valence-electron chi connectivity index (χ4n) is 4.20. The van der Waals surface area contributed by atoms with Gasteiger partial charge in [-0.05, 0) is 45.1 Å². The quantitative estimate of drug-likeness (QED) is 0.748. The van der Waals surface area contributed by atoms with Gasteiger partial charge in [-0.15, -0.1) is 0 Å². The number of fused-ring (bicyclic) bond motifs is 1. The minimum Gasteiger partial charge on any atom is -0.446 e. The van der Waals surface area contributed by atoms with Crippen LogP contribution in [-0.2, 0) is 29.0 Å². The molecule has 3 aliphatic rings. The number of cyclic esters (lactones) is 1. The molecule has 4 atom stereocenters. The first-order valence-corrected chi connectivity index (χ1v) is 11.0. The first-order chi connectivity index (χ1) is 14.0. The Kier molecular flexibility index (Phi) is 4.81. The lowest BCUT2D eigenvalue weighted by atomic mass is 9.79. The van der Waals surface area contributed by atoms with Gasteiger partial charge in [-0.25, -0.2) is 13.2 Å². The van der Waals surface area contributed by atoms with Crippen molar-refractivity contribution in [3.8, 4) is 0 Å². The minimum atomic E-state index is -4.23. The Hall–Kier alpha value is -2.27. The average molecular weight is 437 g/mol. The molecule has 2 heterocycles. The number of sulfonamides is 1. The summed E-state index contributed by atoms with van der Waals surface area (Å²) in [6.07, 6.45) is -0.881. The lowest BCUT2D eigenvalue weighted by Gasteiger charge is -2.37. The number of aliphatic hydroxyl groups is 1. The smallest absolute Gasteiger partial charge is 0.424 e. The van der Waals surface area contributed by atoms with Gasteiger partial charge in [0.25, 0.3) is 10.0 Å². The second-order valence-corrected chi connectivity index (χ2v) is 10.0. The lowest BCUT2D eigenvalue weighted by molar-refractivity contribution is -0.172. The first kappa shape index (κ1) is 21.0. The highest BCUT2D eigenvalue weighted by atomic mass is 32.2. The molecule has 1 amide bonds. The molecule has 1 aromatic rings. The molecule has 0 radical (unpaired) electrons. The van der Waals surface area contributed by atoms with E-state index >= 15 is 0 Å². The van der Waals surface area contributed by atoms with Gasteiger partial charge >= 0.3 is 6.09 Å². The van der Waals surface area contributed by atoms with Gasteiger partial charge < -0.3 is 19.3 Å². The van der Waals surface area contributed by atoms with E-state index in [-0.39, 0.29) is 17.9 Å². The van der Waals surface area contributed by atoms with E-state index in [4.69, 9.17) is 14.2 Å². The maximum absolute atomic E-state index is 13.2. The summed E-state index contributed by atoms with van der Waals surface area (Å²) in [4.78, 5) is 25.2. The van der Waals surface area contributed by atoms with Crippen molar-refractivity contribution in [2.75, 3.05) is 6.61 Å². The average Bonchev–Trinajstić information content (AvgIpc) is 3.16.